The number of carbonyl (C=O) groups is 2. The van der Waals surface area contributed by atoms with Crippen molar-refractivity contribution in [2.45, 2.75) is 0 Å². The van der Waals surface area contributed by atoms with Crippen LogP contribution in [0.15, 0.2) is 30.5 Å². The number of nitrogens with zero attached hydrogens (tertiary/aromatic N) is 1. The van der Waals surface area contributed by atoms with Gasteiger partial charge < -0.3 is 10.2 Å². The molecule has 0 aliphatic carbocycles. The van der Waals surface area contributed by atoms with Gasteiger partial charge in [-0.2, -0.15) is 0 Å². The van der Waals surface area contributed by atoms with E-state index in [0.717, 1.165) is 0 Å². The van der Waals surface area contributed by atoms with Gasteiger partial charge in [0, 0.05) is 17.0 Å². The first-order valence-electron chi connectivity index (χ1n) is 4.45. The van der Waals surface area contributed by atoms with Gasteiger partial charge in [-0.3, -0.25) is 0 Å². The van der Waals surface area contributed by atoms with E-state index in [1.807, 2.05) is 0 Å². The normalized spacial score (nSPS) is 10.2. The molecule has 0 fully saturated rings. The Hall–Kier alpha value is -2.43. The Morgan fingerprint density at radius 2 is 1.75 bits per heavy atom. The lowest BCUT2D eigenvalue weighted by Gasteiger charge is -2.04. The molecule has 0 unspecified atom stereocenters. The van der Waals surface area contributed by atoms with Crippen molar-refractivity contribution in [3.8, 4) is 0 Å². The molecule has 0 saturated heterocycles. The first kappa shape index (κ1) is 10.1. The molecule has 0 saturated carbocycles. The zero-order valence-electron chi connectivity index (χ0n) is 8.04. The fraction of sp³-hybridized carbons (Fsp3) is 0. The fourth-order valence-corrected chi connectivity index (χ4v) is 1.54. The van der Waals surface area contributed by atoms with Gasteiger partial charge in [-0.05, 0) is 0 Å². The molecule has 16 heavy (non-hydrogen) atoms. The molecule has 0 amide bonds. The standard InChI is InChI=1S/C11H7NO4/c13-10(14)8-7-4-2-1-3-6(7)5-12-9(8)11(15)16/h1-5H,(H,13,14)(H,15,16). The van der Waals surface area contributed by atoms with Crippen molar-refractivity contribution >= 4 is 22.7 Å². The molecule has 0 bridgehead atoms. The first-order valence-corrected chi connectivity index (χ1v) is 4.45. The number of hydrogen-bond donors (Lipinski definition) is 2. The summed E-state index contributed by atoms with van der Waals surface area (Å²) in [6.45, 7) is 0. The monoisotopic (exact) mass is 217 g/mol. The van der Waals surface area contributed by atoms with Crippen LogP contribution in [0.1, 0.15) is 20.8 Å². The lowest BCUT2D eigenvalue weighted by Crippen LogP contribution is -2.11. The number of rotatable bonds is 2. The summed E-state index contributed by atoms with van der Waals surface area (Å²) < 4.78 is 0. The second-order valence-corrected chi connectivity index (χ2v) is 3.18. The summed E-state index contributed by atoms with van der Waals surface area (Å²) in [4.78, 5) is 25.5. The summed E-state index contributed by atoms with van der Waals surface area (Å²) in [5, 5.41) is 18.8. The Balaban J connectivity index is 2.90. The molecule has 2 rings (SSSR count). The Labute approximate surface area is 90.0 Å². The molecule has 1 heterocycles. The minimum Gasteiger partial charge on any atom is -0.478 e. The summed E-state index contributed by atoms with van der Waals surface area (Å²) >= 11 is 0. The highest BCUT2D eigenvalue weighted by Gasteiger charge is 2.20. The predicted molar refractivity (Wildman–Crippen MR) is 55.7 cm³/mol. The van der Waals surface area contributed by atoms with Crippen molar-refractivity contribution in [3.63, 3.8) is 0 Å². The highest BCUT2D eigenvalue weighted by atomic mass is 16.4. The SMILES string of the molecule is O=C(O)c1ncc2ccccc2c1C(=O)O. The van der Waals surface area contributed by atoms with Crippen LogP contribution >= 0.6 is 0 Å². The quantitative estimate of drug-likeness (QED) is 0.798. The maximum absolute atomic E-state index is 11.0. The largest absolute Gasteiger partial charge is 0.478 e. The van der Waals surface area contributed by atoms with Gasteiger partial charge in [-0.25, -0.2) is 14.6 Å². The van der Waals surface area contributed by atoms with Crippen LogP contribution in [0.25, 0.3) is 10.8 Å². The minimum absolute atomic E-state index is 0.273. The predicted octanol–water partition coefficient (Wildman–Crippen LogP) is 1.63. The van der Waals surface area contributed by atoms with Crippen LogP contribution in [0.2, 0.25) is 0 Å². The third kappa shape index (κ3) is 1.48. The molecular weight excluding hydrogens is 210 g/mol. The first-order chi connectivity index (χ1) is 7.61. The molecule has 5 heteroatoms. The number of benzene rings is 1. The maximum Gasteiger partial charge on any atom is 0.355 e. The summed E-state index contributed by atoms with van der Waals surface area (Å²) in [6, 6.07) is 6.63. The van der Waals surface area contributed by atoms with Crippen molar-refractivity contribution in [2.75, 3.05) is 0 Å². The van der Waals surface area contributed by atoms with Crippen LogP contribution < -0.4 is 0 Å². The summed E-state index contributed by atoms with van der Waals surface area (Å²) in [6.07, 6.45) is 1.35. The average molecular weight is 217 g/mol. The number of carboxylic acids is 2. The van der Waals surface area contributed by atoms with Gasteiger partial charge in [0.1, 0.15) is 5.56 Å². The van der Waals surface area contributed by atoms with Crippen LogP contribution in [0, 0.1) is 0 Å². The van der Waals surface area contributed by atoms with Gasteiger partial charge in [-0.15, -0.1) is 0 Å². The smallest absolute Gasteiger partial charge is 0.355 e. The van der Waals surface area contributed by atoms with Crippen LogP contribution in [0.3, 0.4) is 0 Å². The topological polar surface area (TPSA) is 87.5 Å². The van der Waals surface area contributed by atoms with Gasteiger partial charge in [0.15, 0.2) is 5.69 Å². The molecule has 1 aromatic carbocycles. The molecule has 0 radical (unpaired) electrons. The third-order valence-electron chi connectivity index (χ3n) is 2.22. The van der Waals surface area contributed by atoms with E-state index >= 15 is 0 Å². The van der Waals surface area contributed by atoms with E-state index in [4.69, 9.17) is 10.2 Å². The number of hydrogen-bond acceptors (Lipinski definition) is 3. The van der Waals surface area contributed by atoms with Gasteiger partial charge in [0.25, 0.3) is 0 Å². The second kappa shape index (κ2) is 3.62. The molecule has 0 aliphatic rings. The van der Waals surface area contributed by atoms with Crippen LogP contribution in [-0.4, -0.2) is 27.1 Å². The van der Waals surface area contributed by atoms with Crippen molar-refractivity contribution < 1.29 is 19.8 Å². The summed E-state index contributed by atoms with van der Waals surface area (Å²) in [7, 11) is 0. The number of fused-ring (bicyclic) bond motifs is 1. The Morgan fingerprint density at radius 3 is 2.38 bits per heavy atom. The molecule has 2 N–H and O–H groups in total. The molecule has 5 nitrogen and oxygen atoms in total. The average Bonchev–Trinajstić information content (AvgIpc) is 2.27. The Morgan fingerprint density at radius 1 is 1.06 bits per heavy atom. The molecular formula is C11H7NO4. The van der Waals surface area contributed by atoms with Crippen LogP contribution in [-0.2, 0) is 0 Å². The maximum atomic E-state index is 11.0. The van der Waals surface area contributed by atoms with E-state index in [1.165, 1.54) is 6.20 Å². The molecule has 0 aliphatic heterocycles. The number of aromatic nitrogens is 1. The van der Waals surface area contributed by atoms with E-state index < -0.39 is 17.6 Å². The molecule has 80 valence electrons. The van der Waals surface area contributed by atoms with Crippen molar-refractivity contribution in [2.24, 2.45) is 0 Å². The van der Waals surface area contributed by atoms with Gasteiger partial charge in [0.2, 0.25) is 0 Å². The molecule has 0 spiro atoms. The van der Waals surface area contributed by atoms with E-state index in [9.17, 15) is 9.59 Å². The zero-order chi connectivity index (χ0) is 11.7. The lowest BCUT2D eigenvalue weighted by molar-refractivity contribution is 0.0648. The highest BCUT2D eigenvalue weighted by molar-refractivity contribution is 6.10. The van der Waals surface area contributed by atoms with Crippen molar-refractivity contribution in [3.05, 3.63) is 41.7 Å². The van der Waals surface area contributed by atoms with E-state index in [2.05, 4.69) is 4.98 Å². The highest BCUT2D eigenvalue weighted by Crippen LogP contribution is 2.20. The van der Waals surface area contributed by atoms with Gasteiger partial charge >= 0.3 is 11.9 Å². The Kier molecular flexibility index (Phi) is 2.28. The number of pyridine rings is 1. The van der Waals surface area contributed by atoms with E-state index in [0.29, 0.717) is 10.8 Å². The molecule has 0 atom stereocenters. The third-order valence-corrected chi connectivity index (χ3v) is 2.22. The second-order valence-electron chi connectivity index (χ2n) is 3.18. The van der Waals surface area contributed by atoms with E-state index in [1.54, 1.807) is 24.3 Å². The van der Waals surface area contributed by atoms with Crippen LogP contribution in [0.4, 0.5) is 0 Å². The van der Waals surface area contributed by atoms with Crippen LogP contribution in [0.5, 0.6) is 0 Å². The van der Waals surface area contributed by atoms with Gasteiger partial charge in [-0.1, -0.05) is 24.3 Å². The molecule has 1 aromatic heterocycles. The molecule has 2 aromatic rings. The zero-order valence-corrected chi connectivity index (χ0v) is 8.04. The van der Waals surface area contributed by atoms with E-state index in [-0.39, 0.29) is 5.56 Å². The number of aromatic carboxylic acids is 2. The Bertz CT molecular complexity index is 592. The number of carboxylic acid groups (broad SMARTS) is 2. The van der Waals surface area contributed by atoms with Crippen molar-refractivity contribution in [1.82, 2.24) is 4.98 Å². The van der Waals surface area contributed by atoms with Crippen molar-refractivity contribution in [1.29, 1.82) is 0 Å². The summed E-state index contributed by atoms with van der Waals surface area (Å²) in [5.74, 6) is -2.63. The summed E-state index contributed by atoms with van der Waals surface area (Å²) in [5.41, 5.74) is -0.711. The minimum atomic E-state index is -1.34. The lowest BCUT2D eigenvalue weighted by atomic mass is 10.0. The van der Waals surface area contributed by atoms with Gasteiger partial charge in [0.05, 0.1) is 0 Å². The fourth-order valence-electron chi connectivity index (χ4n) is 1.54.